The predicted molar refractivity (Wildman–Crippen MR) is 170 cm³/mol. The van der Waals surface area contributed by atoms with Gasteiger partial charge in [-0.15, -0.1) is 0 Å². The van der Waals surface area contributed by atoms with Crippen LogP contribution in [-0.4, -0.2) is 0 Å². The van der Waals surface area contributed by atoms with E-state index in [1.165, 1.54) is 82.7 Å². The summed E-state index contributed by atoms with van der Waals surface area (Å²) < 4.78 is 0. The zero-order chi connectivity index (χ0) is 26.8. The molecule has 0 aliphatic heterocycles. The molecule has 0 amide bonds. The Balaban J connectivity index is 1.66. The molecular weight excluding hydrogens is 468 g/mol. The van der Waals surface area contributed by atoms with Gasteiger partial charge in [0.15, 0.2) is 0 Å². The SMILES string of the molecule is Cc1ccc2c(-c3ccc(C(C)C)cc3)c3c(c(-c4ccc(C(C)C)cc4)c2c1)-c1cccc2cccc-3c12. The van der Waals surface area contributed by atoms with E-state index in [0.29, 0.717) is 11.8 Å². The minimum absolute atomic E-state index is 0.512. The molecule has 6 aromatic rings. The minimum Gasteiger partial charge on any atom is -0.0610 e. The van der Waals surface area contributed by atoms with Gasteiger partial charge in [-0.1, -0.05) is 136 Å². The molecule has 1 aliphatic rings. The molecule has 0 bridgehead atoms. The lowest BCUT2D eigenvalue weighted by molar-refractivity contribution is 0.867. The highest BCUT2D eigenvalue weighted by Gasteiger charge is 2.30. The lowest BCUT2D eigenvalue weighted by Crippen LogP contribution is -1.95. The molecule has 0 saturated carbocycles. The lowest BCUT2D eigenvalue weighted by atomic mass is 9.81. The van der Waals surface area contributed by atoms with E-state index < -0.39 is 0 Å². The van der Waals surface area contributed by atoms with Crippen LogP contribution >= 0.6 is 0 Å². The van der Waals surface area contributed by atoms with E-state index in [-0.39, 0.29) is 0 Å². The quantitative estimate of drug-likeness (QED) is 0.224. The van der Waals surface area contributed by atoms with Gasteiger partial charge in [-0.05, 0) is 95.9 Å². The van der Waals surface area contributed by atoms with Crippen molar-refractivity contribution in [1.82, 2.24) is 0 Å². The van der Waals surface area contributed by atoms with Crippen molar-refractivity contribution < 1.29 is 0 Å². The van der Waals surface area contributed by atoms with Crippen LogP contribution in [0, 0.1) is 6.92 Å². The molecule has 0 fully saturated rings. The van der Waals surface area contributed by atoms with Gasteiger partial charge in [-0.25, -0.2) is 0 Å². The third kappa shape index (κ3) is 3.66. The van der Waals surface area contributed by atoms with Crippen molar-refractivity contribution in [3.63, 3.8) is 0 Å². The molecule has 0 radical (unpaired) electrons. The summed E-state index contributed by atoms with van der Waals surface area (Å²) in [5.74, 6) is 1.02. The zero-order valence-corrected chi connectivity index (χ0v) is 23.5. The molecule has 1 aliphatic carbocycles. The largest absolute Gasteiger partial charge is 0.0610 e. The maximum absolute atomic E-state index is 2.40. The first-order valence-corrected chi connectivity index (χ1v) is 14.3. The standard InChI is InChI=1S/C39H34/c1-23(2)26-13-17-29(18-14-26)36-31-21-12-25(5)22-34(31)37(30-19-15-27(16-20-30)24(3)4)39-33-11-7-9-28-8-6-10-32(35(28)33)38(36)39/h6-24H,1-5H3. The molecule has 6 aromatic carbocycles. The second-order valence-corrected chi connectivity index (χ2v) is 11.8. The van der Waals surface area contributed by atoms with Crippen LogP contribution in [0.15, 0.2) is 103 Å². The maximum atomic E-state index is 2.40. The zero-order valence-electron chi connectivity index (χ0n) is 23.5. The summed E-state index contributed by atoms with van der Waals surface area (Å²) in [6, 6.07) is 39.3. The Labute approximate surface area is 232 Å². The molecule has 0 atom stereocenters. The highest BCUT2D eigenvalue weighted by atomic mass is 14.3. The minimum atomic E-state index is 0.512. The molecule has 0 saturated heterocycles. The normalized spacial score (nSPS) is 12.2. The fourth-order valence-corrected chi connectivity index (χ4v) is 6.57. The van der Waals surface area contributed by atoms with Crippen LogP contribution in [0.1, 0.15) is 56.2 Å². The maximum Gasteiger partial charge on any atom is -0.000741 e. The Morgan fingerprint density at radius 2 is 0.949 bits per heavy atom. The molecule has 0 unspecified atom stereocenters. The average molecular weight is 503 g/mol. The summed E-state index contributed by atoms with van der Waals surface area (Å²) >= 11 is 0. The Morgan fingerprint density at radius 3 is 1.44 bits per heavy atom. The molecular formula is C39H34. The van der Waals surface area contributed by atoms with Crippen molar-refractivity contribution in [3.05, 3.63) is 120 Å². The van der Waals surface area contributed by atoms with Crippen molar-refractivity contribution >= 4 is 21.5 Å². The Hall–Kier alpha value is -4.16. The topological polar surface area (TPSA) is 0 Å². The Morgan fingerprint density at radius 1 is 0.462 bits per heavy atom. The van der Waals surface area contributed by atoms with Crippen LogP contribution in [0.5, 0.6) is 0 Å². The molecule has 0 heterocycles. The molecule has 0 aromatic heterocycles. The van der Waals surface area contributed by atoms with Gasteiger partial charge in [0.1, 0.15) is 0 Å². The second-order valence-electron chi connectivity index (χ2n) is 11.8. The highest BCUT2D eigenvalue weighted by molar-refractivity contribution is 6.27. The molecule has 0 spiro atoms. The van der Waals surface area contributed by atoms with Crippen LogP contribution in [0.3, 0.4) is 0 Å². The van der Waals surface area contributed by atoms with Crippen LogP contribution in [-0.2, 0) is 0 Å². The van der Waals surface area contributed by atoms with Crippen LogP contribution in [0.4, 0.5) is 0 Å². The first kappa shape index (κ1) is 23.9. The second kappa shape index (κ2) is 8.95. The van der Waals surface area contributed by atoms with E-state index in [1.54, 1.807) is 0 Å². The Bertz CT molecular complexity index is 1880. The van der Waals surface area contributed by atoms with Gasteiger partial charge in [0.2, 0.25) is 0 Å². The van der Waals surface area contributed by atoms with Crippen LogP contribution in [0.25, 0.3) is 66.1 Å². The van der Waals surface area contributed by atoms with Crippen molar-refractivity contribution in [2.24, 2.45) is 0 Å². The number of hydrogen-bond acceptors (Lipinski definition) is 0. The molecule has 0 heteroatoms. The summed E-state index contributed by atoms with van der Waals surface area (Å²) in [5.41, 5.74) is 14.8. The van der Waals surface area contributed by atoms with Crippen molar-refractivity contribution in [2.45, 2.75) is 46.5 Å². The Kier molecular flexibility index (Phi) is 5.49. The van der Waals surface area contributed by atoms with E-state index in [9.17, 15) is 0 Å². The van der Waals surface area contributed by atoms with Crippen LogP contribution in [0.2, 0.25) is 0 Å². The van der Waals surface area contributed by atoms with E-state index in [1.807, 2.05) is 0 Å². The molecule has 190 valence electrons. The fraction of sp³-hybridized carbons (Fsp3) is 0.179. The van der Waals surface area contributed by atoms with Crippen LogP contribution < -0.4 is 0 Å². The summed E-state index contributed by atoms with van der Waals surface area (Å²) in [7, 11) is 0. The average Bonchev–Trinajstić information content (AvgIpc) is 3.27. The fourth-order valence-electron chi connectivity index (χ4n) is 6.57. The van der Waals surface area contributed by atoms with Crippen molar-refractivity contribution in [3.8, 4) is 44.5 Å². The van der Waals surface area contributed by atoms with Gasteiger partial charge in [-0.3, -0.25) is 0 Å². The predicted octanol–water partition coefficient (Wildman–Crippen LogP) is 11.5. The number of hydrogen-bond donors (Lipinski definition) is 0. The van der Waals surface area contributed by atoms with E-state index >= 15 is 0 Å². The van der Waals surface area contributed by atoms with Gasteiger partial charge in [0.25, 0.3) is 0 Å². The third-order valence-electron chi connectivity index (χ3n) is 8.64. The van der Waals surface area contributed by atoms with Gasteiger partial charge < -0.3 is 0 Å². The summed E-state index contributed by atoms with van der Waals surface area (Å²) in [4.78, 5) is 0. The third-order valence-corrected chi connectivity index (χ3v) is 8.64. The van der Waals surface area contributed by atoms with Crippen molar-refractivity contribution in [1.29, 1.82) is 0 Å². The monoisotopic (exact) mass is 502 g/mol. The summed E-state index contributed by atoms with van der Waals surface area (Å²) in [6.45, 7) is 11.3. The first-order valence-electron chi connectivity index (χ1n) is 14.3. The number of aryl methyl sites for hydroxylation is 1. The molecule has 0 N–H and O–H groups in total. The first-order chi connectivity index (χ1) is 18.9. The molecule has 39 heavy (non-hydrogen) atoms. The van der Waals surface area contributed by atoms with Gasteiger partial charge in [-0.2, -0.15) is 0 Å². The summed E-state index contributed by atoms with van der Waals surface area (Å²) in [6.07, 6.45) is 0. The van der Waals surface area contributed by atoms with Crippen molar-refractivity contribution in [2.75, 3.05) is 0 Å². The van der Waals surface area contributed by atoms with E-state index in [4.69, 9.17) is 0 Å². The molecule has 0 nitrogen and oxygen atoms in total. The lowest BCUT2D eigenvalue weighted by Gasteiger charge is -2.21. The number of benzene rings is 6. The van der Waals surface area contributed by atoms with E-state index in [2.05, 4.69) is 138 Å². The molecule has 7 rings (SSSR count). The van der Waals surface area contributed by atoms with Gasteiger partial charge in [0, 0.05) is 0 Å². The van der Waals surface area contributed by atoms with E-state index in [0.717, 1.165) is 0 Å². The summed E-state index contributed by atoms with van der Waals surface area (Å²) in [5, 5.41) is 5.34. The smallest absolute Gasteiger partial charge is 0.000741 e. The van der Waals surface area contributed by atoms with Gasteiger partial charge in [0.05, 0.1) is 0 Å². The van der Waals surface area contributed by atoms with Gasteiger partial charge >= 0.3 is 0 Å². The highest BCUT2D eigenvalue weighted by Crippen LogP contribution is 2.57. The number of fused-ring (bicyclic) bond motifs is 4. The number of rotatable bonds is 4.